The second kappa shape index (κ2) is 1.73. The molecule has 2 rings (SSSR count). The lowest BCUT2D eigenvalue weighted by molar-refractivity contribution is 0.474. The molecule has 0 fully saturated rings. The Balaban J connectivity index is 2.93. The monoisotopic (exact) mass is 136 g/mol. The number of fused-ring (bicyclic) bond motifs is 1. The Hall–Kier alpha value is -1.51. The summed E-state index contributed by atoms with van der Waals surface area (Å²) in [4.78, 5) is 3.82. The third-order valence-corrected chi connectivity index (χ3v) is 1.24. The van der Waals surface area contributed by atoms with Crippen LogP contribution in [0.1, 0.15) is 1.37 Å². The summed E-state index contributed by atoms with van der Waals surface area (Å²) in [5.74, 6) is -0.0887. The average Bonchev–Trinajstić information content (AvgIpc) is 2.45. The highest BCUT2D eigenvalue weighted by Crippen LogP contribution is 2.17. The van der Waals surface area contributed by atoms with E-state index in [1.807, 2.05) is 0 Å². The molecule has 0 unspecified atom stereocenters. The van der Waals surface area contributed by atoms with Crippen molar-refractivity contribution in [1.29, 1.82) is 0 Å². The Kier molecular flexibility index (Phi) is 0.750. The van der Waals surface area contributed by atoms with Gasteiger partial charge in [-0.15, -0.1) is 0 Å². The van der Waals surface area contributed by atoms with Crippen LogP contribution in [0.2, 0.25) is 0 Å². The first-order valence-electron chi connectivity index (χ1n) is 3.31. The number of nitrogens with zero attached hydrogens (tertiary/aromatic N) is 1. The van der Waals surface area contributed by atoms with Crippen LogP contribution in [-0.4, -0.2) is 10.1 Å². The van der Waals surface area contributed by atoms with Crippen LogP contribution in [0.3, 0.4) is 0 Å². The molecule has 1 aromatic heterocycles. The summed E-state index contributed by atoms with van der Waals surface area (Å²) in [6, 6.07) is 3.01. The molecular formula is C7H5NO2. The SMILES string of the molecule is [2H]c1c(O)ccc2ncoc12. The zero-order chi connectivity index (χ0) is 7.84. The minimum atomic E-state index is -0.0887. The number of hydrogen-bond acceptors (Lipinski definition) is 3. The molecule has 0 aliphatic heterocycles. The highest BCUT2D eigenvalue weighted by atomic mass is 16.3. The molecule has 3 heteroatoms. The van der Waals surface area contributed by atoms with E-state index in [0.29, 0.717) is 11.1 Å². The van der Waals surface area contributed by atoms with Gasteiger partial charge in [-0.1, -0.05) is 0 Å². The van der Waals surface area contributed by atoms with E-state index in [1.54, 1.807) is 6.07 Å². The average molecular weight is 136 g/mol. The maximum Gasteiger partial charge on any atom is 0.181 e. The van der Waals surface area contributed by atoms with E-state index in [1.165, 1.54) is 12.5 Å². The van der Waals surface area contributed by atoms with E-state index in [0.717, 1.165) is 0 Å². The van der Waals surface area contributed by atoms with Crippen molar-refractivity contribution < 1.29 is 10.9 Å². The van der Waals surface area contributed by atoms with Crippen molar-refractivity contribution in [1.82, 2.24) is 4.98 Å². The van der Waals surface area contributed by atoms with E-state index < -0.39 is 0 Å². The van der Waals surface area contributed by atoms with Gasteiger partial charge >= 0.3 is 0 Å². The number of rotatable bonds is 0. The summed E-state index contributed by atoms with van der Waals surface area (Å²) >= 11 is 0. The molecule has 0 saturated carbocycles. The third kappa shape index (κ3) is 0.639. The van der Waals surface area contributed by atoms with Gasteiger partial charge < -0.3 is 9.52 Å². The number of aromatic hydroxyl groups is 1. The molecular weight excluding hydrogens is 130 g/mol. The van der Waals surface area contributed by atoms with E-state index in [2.05, 4.69) is 4.98 Å². The van der Waals surface area contributed by atoms with Crippen molar-refractivity contribution in [2.75, 3.05) is 0 Å². The number of phenolic OH excluding ortho intramolecular Hbond substituents is 1. The fourth-order valence-electron chi connectivity index (χ4n) is 0.783. The van der Waals surface area contributed by atoms with Gasteiger partial charge in [-0.25, -0.2) is 4.98 Å². The number of aromatic nitrogens is 1. The molecule has 0 saturated heterocycles. The predicted molar refractivity (Wildman–Crippen MR) is 35.7 cm³/mol. The number of oxazole rings is 1. The number of hydrogen-bond donors (Lipinski definition) is 1. The zero-order valence-corrected chi connectivity index (χ0v) is 5.03. The summed E-state index contributed by atoms with van der Waals surface area (Å²) in [6.45, 7) is 0. The third-order valence-electron chi connectivity index (χ3n) is 1.24. The largest absolute Gasteiger partial charge is 0.508 e. The van der Waals surface area contributed by atoms with Gasteiger partial charge in [-0.3, -0.25) is 0 Å². The van der Waals surface area contributed by atoms with E-state index in [9.17, 15) is 0 Å². The molecule has 1 heterocycles. The van der Waals surface area contributed by atoms with Crippen LogP contribution in [0.25, 0.3) is 11.1 Å². The van der Waals surface area contributed by atoms with Crippen molar-refractivity contribution in [3.05, 3.63) is 24.6 Å². The van der Waals surface area contributed by atoms with Crippen molar-refractivity contribution in [3.8, 4) is 5.75 Å². The molecule has 2 aromatic rings. The summed E-state index contributed by atoms with van der Waals surface area (Å²) < 4.78 is 12.2. The fraction of sp³-hybridized carbons (Fsp3) is 0. The standard InChI is InChI=1S/C7H5NO2/c9-5-1-2-6-7(3-5)10-4-8-6/h1-4,9H/i3D. The van der Waals surface area contributed by atoms with Gasteiger partial charge in [0, 0.05) is 6.04 Å². The van der Waals surface area contributed by atoms with Gasteiger partial charge in [0.05, 0.1) is 1.37 Å². The minimum absolute atomic E-state index is 0.0139. The van der Waals surface area contributed by atoms with Crippen LogP contribution in [0.15, 0.2) is 29.0 Å². The van der Waals surface area contributed by atoms with Crippen LogP contribution in [-0.2, 0) is 0 Å². The van der Waals surface area contributed by atoms with Crippen molar-refractivity contribution in [3.63, 3.8) is 0 Å². The van der Waals surface area contributed by atoms with E-state index >= 15 is 0 Å². The zero-order valence-electron chi connectivity index (χ0n) is 6.03. The quantitative estimate of drug-likeness (QED) is 0.597. The molecule has 0 bridgehead atoms. The topological polar surface area (TPSA) is 46.3 Å². The van der Waals surface area contributed by atoms with Gasteiger partial charge in [0.1, 0.15) is 11.3 Å². The molecule has 3 nitrogen and oxygen atoms in total. The summed E-state index contributed by atoms with van der Waals surface area (Å²) in [7, 11) is 0. The van der Waals surface area contributed by atoms with Gasteiger partial charge in [0.2, 0.25) is 0 Å². The second-order valence-electron chi connectivity index (χ2n) is 1.91. The molecule has 0 aliphatic carbocycles. The first-order valence-corrected chi connectivity index (χ1v) is 2.81. The normalized spacial score (nSPS) is 11.8. The molecule has 1 aromatic carbocycles. The van der Waals surface area contributed by atoms with Gasteiger partial charge in [-0.05, 0) is 12.1 Å². The van der Waals surface area contributed by atoms with Gasteiger partial charge in [0.15, 0.2) is 12.0 Å². The molecule has 0 amide bonds. The molecule has 50 valence electrons. The van der Waals surface area contributed by atoms with E-state index in [-0.39, 0.29) is 11.8 Å². The maximum atomic E-state index is 9.06. The Morgan fingerprint density at radius 2 is 2.50 bits per heavy atom. The molecule has 1 N–H and O–H groups in total. The lowest BCUT2D eigenvalue weighted by Gasteiger charge is -1.87. The van der Waals surface area contributed by atoms with Gasteiger partial charge in [0.25, 0.3) is 0 Å². The fourth-order valence-corrected chi connectivity index (χ4v) is 0.783. The Labute approximate surface area is 58.3 Å². The molecule has 0 aliphatic rings. The smallest absolute Gasteiger partial charge is 0.181 e. The Morgan fingerprint density at radius 3 is 3.40 bits per heavy atom. The molecule has 0 spiro atoms. The van der Waals surface area contributed by atoms with Crippen molar-refractivity contribution in [2.24, 2.45) is 0 Å². The summed E-state index contributed by atoms with van der Waals surface area (Å²) in [5.41, 5.74) is 0.915. The summed E-state index contributed by atoms with van der Waals surface area (Å²) in [5, 5.41) is 9.06. The van der Waals surface area contributed by atoms with Crippen molar-refractivity contribution >= 4 is 11.1 Å². The van der Waals surface area contributed by atoms with Crippen molar-refractivity contribution in [2.45, 2.75) is 0 Å². The van der Waals surface area contributed by atoms with E-state index in [4.69, 9.17) is 10.9 Å². The van der Waals surface area contributed by atoms with Crippen LogP contribution in [0.5, 0.6) is 5.75 Å². The molecule has 0 atom stereocenters. The number of phenols is 1. The van der Waals surface area contributed by atoms with Crippen LogP contribution < -0.4 is 0 Å². The second-order valence-corrected chi connectivity index (χ2v) is 1.91. The molecule has 0 radical (unpaired) electrons. The summed E-state index contributed by atoms with van der Waals surface area (Å²) in [6.07, 6.45) is 1.25. The van der Waals surface area contributed by atoms with Crippen LogP contribution in [0, 0.1) is 0 Å². The molecule has 10 heavy (non-hydrogen) atoms. The lowest BCUT2D eigenvalue weighted by atomic mass is 10.3. The highest BCUT2D eigenvalue weighted by Gasteiger charge is 1.96. The predicted octanol–water partition coefficient (Wildman–Crippen LogP) is 1.53. The van der Waals surface area contributed by atoms with Crippen LogP contribution >= 0.6 is 0 Å². The van der Waals surface area contributed by atoms with Crippen LogP contribution in [0.4, 0.5) is 0 Å². The number of benzene rings is 1. The highest BCUT2D eigenvalue weighted by molar-refractivity contribution is 5.73. The lowest BCUT2D eigenvalue weighted by Crippen LogP contribution is -1.65. The first-order chi connectivity index (χ1) is 5.29. The Morgan fingerprint density at radius 1 is 1.60 bits per heavy atom. The van der Waals surface area contributed by atoms with Gasteiger partial charge in [-0.2, -0.15) is 0 Å². The maximum absolute atomic E-state index is 9.06. The minimum Gasteiger partial charge on any atom is -0.508 e. The first kappa shape index (κ1) is 4.33. The Bertz CT molecular complexity index is 396.